The predicted molar refractivity (Wildman–Crippen MR) is 74.6 cm³/mol. The van der Waals surface area contributed by atoms with E-state index in [-0.39, 0.29) is 0 Å². The van der Waals surface area contributed by atoms with Crippen LogP contribution in [0.5, 0.6) is 0 Å². The number of unbranched alkanes of at least 4 members (excludes halogenated alkanes) is 1. The Morgan fingerprint density at radius 3 is 3.06 bits per heavy atom. The molecule has 0 radical (unpaired) electrons. The van der Waals surface area contributed by atoms with Crippen LogP contribution >= 0.6 is 0 Å². The molecule has 1 fully saturated rings. The maximum absolute atomic E-state index is 4.63. The first kappa shape index (κ1) is 13.0. The fourth-order valence-electron chi connectivity index (χ4n) is 1.79. The van der Waals surface area contributed by atoms with Crippen LogP contribution in [0.3, 0.4) is 0 Å². The summed E-state index contributed by atoms with van der Waals surface area (Å²) in [5, 5.41) is 3.46. The minimum absolute atomic E-state index is 0.709. The molecule has 1 aliphatic carbocycles. The van der Waals surface area contributed by atoms with E-state index >= 15 is 0 Å². The molecule has 1 N–H and O–H groups in total. The van der Waals surface area contributed by atoms with Crippen LogP contribution in [0.4, 0.5) is 5.82 Å². The quantitative estimate of drug-likeness (QED) is 0.563. The fraction of sp³-hybridized carbons (Fsp3) is 0.571. The molecular formula is C14H22N4. The smallest absolute Gasteiger partial charge is 0.147 e. The van der Waals surface area contributed by atoms with E-state index in [2.05, 4.69) is 33.8 Å². The Morgan fingerprint density at radius 2 is 2.33 bits per heavy atom. The Kier molecular flexibility index (Phi) is 4.70. The summed E-state index contributed by atoms with van der Waals surface area (Å²) in [7, 11) is 2.06. The van der Waals surface area contributed by atoms with Crippen molar-refractivity contribution in [2.75, 3.05) is 18.5 Å². The highest BCUT2D eigenvalue weighted by molar-refractivity contribution is 5.34. The summed E-state index contributed by atoms with van der Waals surface area (Å²) < 4.78 is 0. The lowest BCUT2D eigenvalue weighted by Gasteiger charge is -2.17. The second kappa shape index (κ2) is 6.50. The van der Waals surface area contributed by atoms with Gasteiger partial charge in [0.2, 0.25) is 0 Å². The fourth-order valence-corrected chi connectivity index (χ4v) is 1.79. The second-order valence-corrected chi connectivity index (χ2v) is 4.88. The molecule has 0 aromatic carbocycles. The average Bonchev–Trinajstić information content (AvgIpc) is 3.21. The standard InChI is InChI=1S/C14H22N4/c1-3-4-5-8-18(2)14-11-15-9-13(17-14)10-16-12-6-7-12/h3,9,11-12,16H,1,4-8,10H2,2H3. The molecule has 0 unspecified atom stereocenters. The Morgan fingerprint density at radius 1 is 1.50 bits per heavy atom. The minimum atomic E-state index is 0.709. The second-order valence-electron chi connectivity index (χ2n) is 4.88. The van der Waals surface area contributed by atoms with E-state index in [9.17, 15) is 0 Å². The summed E-state index contributed by atoms with van der Waals surface area (Å²) in [6, 6.07) is 0.709. The molecule has 0 amide bonds. The van der Waals surface area contributed by atoms with Crippen LogP contribution in [0.25, 0.3) is 0 Å². The lowest BCUT2D eigenvalue weighted by atomic mass is 10.3. The van der Waals surface area contributed by atoms with Gasteiger partial charge in [-0.05, 0) is 25.7 Å². The molecule has 98 valence electrons. The number of nitrogens with one attached hydrogen (secondary N) is 1. The zero-order valence-electron chi connectivity index (χ0n) is 11.1. The van der Waals surface area contributed by atoms with E-state index in [1.807, 2.05) is 18.5 Å². The number of allylic oxidation sites excluding steroid dienone is 1. The monoisotopic (exact) mass is 246 g/mol. The van der Waals surface area contributed by atoms with Gasteiger partial charge in [-0.3, -0.25) is 4.98 Å². The van der Waals surface area contributed by atoms with Gasteiger partial charge in [0.05, 0.1) is 11.9 Å². The lowest BCUT2D eigenvalue weighted by molar-refractivity contribution is 0.669. The molecule has 18 heavy (non-hydrogen) atoms. The van der Waals surface area contributed by atoms with Crippen LogP contribution in [0.1, 0.15) is 31.4 Å². The molecule has 0 aliphatic heterocycles. The molecule has 1 aromatic heterocycles. The molecule has 0 spiro atoms. The maximum atomic E-state index is 4.63. The molecule has 1 saturated carbocycles. The van der Waals surface area contributed by atoms with E-state index in [0.29, 0.717) is 6.04 Å². The van der Waals surface area contributed by atoms with Gasteiger partial charge in [-0.25, -0.2) is 4.98 Å². The largest absolute Gasteiger partial charge is 0.358 e. The van der Waals surface area contributed by atoms with Gasteiger partial charge in [-0.2, -0.15) is 0 Å². The highest BCUT2D eigenvalue weighted by atomic mass is 15.2. The van der Waals surface area contributed by atoms with Gasteiger partial charge in [-0.15, -0.1) is 6.58 Å². The highest BCUT2D eigenvalue weighted by Crippen LogP contribution is 2.19. The summed E-state index contributed by atoms with van der Waals surface area (Å²) in [4.78, 5) is 11.0. The van der Waals surface area contributed by atoms with Crippen molar-refractivity contribution < 1.29 is 0 Å². The van der Waals surface area contributed by atoms with Crippen molar-refractivity contribution in [1.29, 1.82) is 0 Å². The highest BCUT2D eigenvalue weighted by Gasteiger charge is 2.20. The molecule has 0 atom stereocenters. The maximum Gasteiger partial charge on any atom is 0.147 e. The zero-order chi connectivity index (χ0) is 12.8. The van der Waals surface area contributed by atoms with Crippen LogP contribution in [0, 0.1) is 0 Å². The van der Waals surface area contributed by atoms with Crippen molar-refractivity contribution in [2.24, 2.45) is 0 Å². The first-order chi connectivity index (χ1) is 8.79. The van der Waals surface area contributed by atoms with Gasteiger partial charge in [0.1, 0.15) is 5.82 Å². The van der Waals surface area contributed by atoms with E-state index in [0.717, 1.165) is 37.4 Å². The van der Waals surface area contributed by atoms with E-state index < -0.39 is 0 Å². The number of anilines is 1. The average molecular weight is 246 g/mol. The van der Waals surface area contributed by atoms with Gasteiger partial charge >= 0.3 is 0 Å². The molecule has 1 heterocycles. The van der Waals surface area contributed by atoms with Gasteiger partial charge in [0, 0.05) is 32.4 Å². The van der Waals surface area contributed by atoms with Gasteiger partial charge < -0.3 is 10.2 Å². The predicted octanol–water partition coefficient (Wildman–Crippen LogP) is 2.13. The SMILES string of the molecule is C=CCCCN(C)c1cncc(CNC2CC2)n1. The third kappa shape index (κ3) is 4.11. The normalized spacial score (nSPS) is 14.5. The lowest BCUT2D eigenvalue weighted by Crippen LogP contribution is -2.22. The third-order valence-corrected chi connectivity index (χ3v) is 3.11. The number of rotatable bonds is 8. The molecular weight excluding hydrogens is 224 g/mol. The van der Waals surface area contributed by atoms with E-state index in [1.54, 1.807) is 0 Å². The van der Waals surface area contributed by atoms with E-state index in [4.69, 9.17) is 0 Å². The Hall–Kier alpha value is -1.42. The van der Waals surface area contributed by atoms with Gasteiger partial charge in [0.15, 0.2) is 0 Å². The molecule has 1 aromatic rings. The van der Waals surface area contributed by atoms with Crippen LogP contribution in [-0.2, 0) is 6.54 Å². The van der Waals surface area contributed by atoms with Crippen molar-refractivity contribution >= 4 is 5.82 Å². The minimum Gasteiger partial charge on any atom is -0.358 e. The molecule has 0 saturated heterocycles. The summed E-state index contributed by atoms with van der Waals surface area (Å²) in [6.07, 6.45) is 10.4. The van der Waals surface area contributed by atoms with Crippen molar-refractivity contribution in [1.82, 2.24) is 15.3 Å². The Labute approximate surface area is 109 Å². The molecule has 0 bridgehead atoms. The van der Waals surface area contributed by atoms with Crippen LogP contribution < -0.4 is 10.2 Å². The van der Waals surface area contributed by atoms with Crippen molar-refractivity contribution in [3.63, 3.8) is 0 Å². The number of aromatic nitrogens is 2. The summed E-state index contributed by atoms with van der Waals surface area (Å²) in [5.74, 6) is 0.953. The first-order valence-corrected chi connectivity index (χ1v) is 6.66. The van der Waals surface area contributed by atoms with Crippen molar-refractivity contribution in [3.05, 3.63) is 30.7 Å². The van der Waals surface area contributed by atoms with Crippen LogP contribution in [0.2, 0.25) is 0 Å². The topological polar surface area (TPSA) is 41.1 Å². The number of hydrogen-bond donors (Lipinski definition) is 1. The summed E-state index contributed by atoms with van der Waals surface area (Å²) >= 11 is 0. The van der Waals surface area contributed by atoms with Crippen molar-refractivity contribution in [3.8, 4) is 0 Å². The molecule has 4 nitrogen and oxygen atoms in total. The Bertz CT molecular complexity index is 387. The van der Waals surface area contributed by atoms with Gasteiger partial charge in [0.25, 0.3) is 0 Å². The Balaban J connectivity index is 1.85. The molecule has 2 rings (SSSR count). The third-order valence-electron chi connectivity index (χ3n) is 3.11. The molecule has 1 aliphatic rings. The van der Waals surface area contributed by atoms with E-state index in [1.165, 1.54) is 12.8 Å². The zero-order valence-corrected chi connectivity index (χ0v) is 11.1. The van der Waals surface area contributed by atoms with Crippen LogP contribution in [-0.4, -0.2) is 29.6 Å². The summed E-state index contributed by atoms with van der Waals surface area (Å²) in [6.45, 7) is 5.55. The number of nitrogens with zero attached hydrogens (tertiary/aromatic N) is 3. The van der Waals surface area contributed by atoms with Crippen LogP contribution in [0.15, 0.2) is 25.0 Å². The number of hydrogen-bond acceptors (Lipinski definition) is 4. The van der Waals surface area contributed by atoms with Crippen molar-refractivity contribution in [2.45, 2.75) is 38.3 Å². The van der Waals surface area contributed by atoms with Gasteiger partial charge in [-0.1, -0.05) is 6.08 Å². The summed E-state index contributed by atoms with van der Waals surface area (Å²) in [5.41, 5.74) is 1.02. The first-order valence-electron chi connectivity index (χ1n) is 6.66. The molecule has 4 heteroatoms.